The van der Waals surface area contributed by atoms with E-state index in [1.165, 1.54) is 51.7 Å². The standard InChI is InChI=1S/C14H30N2/c1-5-7-13(15-4)12-16-10-8-14(3,6-2)9-11-16/h13,15H,5-12H2,1-4H3. The molecule has 0 spiro atoms. The van der Waals surface area contributed by atoms with E-state index in [0.29, 0.717) is 11.5 Å². The van der Waals surface area contributed by atoms with E-state index in [2.05, 4.69) is 38.0 Å². The van der Waals surface area contributed by atoms with E-state index in [0.717, 1.165) is 0 Å². The molecule has 96 valence electrons. The highest BCUT2D eigenvalue weighted by molar-refractivity contribution is 4.83. The lowest BCUT2D eigenvalue weighted by Gasteiger charge is -2.40. The van der Waals surface area contributed by atoms with Crippen molar-refractivity contribution in [3.8, 4) is 0 Å². The molecule has 1 aliphatic heterocycles. The fourth-order valence-corrected chi connectivity index (χ4v) is 2.62. The number of piperidine rings is 1. The van der Waals surface area contributed by atoms with E-state index in [-0.39, 0.29) is 0 Å². The van der Waals surface area contributed by atoms with Gasteiger partial charge in [-0.3, -0.25) is 0 Å². The van der Waals surface area contributed by atoms with Gasteiger partial charge >= 0.3 is 0 Å². The highest BCUT2D eigenvalue weighted by Gasteiger charge is 2.28. The molecule has 2 nitrogen and oxygen atoms in total. The van der Waals surface area contributed by atoms with Gasteiger partial charge in [-0.05, 0) is 44.8 Å². The second-order valence-corrected chi connectivity index (χ2v) is 5.74. The van der Waals surface area contributed by atoms with Crippen molar-refractivity contribution in [3.05, 3.63) is 0 Å². The number of nitrogens with zero attached hydrogens (tertiary/aromatic N) is 1. The molecule has 0 bridgehead atoms. The van der Waals surface area contributed by atoms with Gasteiger partial charge in [0.2, 0.25) is 0 Å². The molecule has 0 radical (unpaired) electrons. The van der Waals surface area contributed by atoms with Gasteiger partial charge in [0, 0.05) is 12.6 Å². The molecule has 0 aromatic rings. The number of likely N-dealkylation sites (N-methyl/N-ethyl adjacent to an activating group) is 1. The van der Waals surface area contributed by atoms with E-state index in [1.54, 1.807) is 0 Å². The molecule has 16 heavy (non-hydrogen) atoms. The average Bonchev–Trinajstić information content (AvgIpc) is 2.31. The van der Waals surface area contributed by atoms with Crippen molar-refractivity contribution in [2.24, 2.45) is 5.41 Å². The van der Waals surface area contributed by atoms with Crippen molar-refractivity contribution in [2.45, 2.75) is 58.9 Å². The van der Waals surface area contributed by atoms with Crippen LogP contribution < -0.4 is 5.32 Å². The van der Waals surface area contributed by atoms with Crippen LogP contribution in [0.5, 0.6) is 0 Å². The molecule has 1 rings (SSSR count). The zero-order valence-electron chi connectivity index (χ0n) is 11.7. The van der Waals surface area contributed by atoms with Gasteiger partial charge in [0.15, 0.2) is 0 Å². The number of hydrogen-bond donors (Lipinski definition) is 1. The fraction of sp³-hybridized carbons (Fsp3) is 1.00. The summed E-state index contributed by atoms with van der Waals surface area (Å²) in [7, 11) is 2.10. The lowest BCUT2D eigenvalue weighted by atomic mass is 9.78. The maximum absolute atomic E-state index is 3.44. The zero-order valence-corrected chi connectivity index (χ0v) is 11.7. The Morgan fingerprint density at radius 2 is 1.88 bits per heavy atom. The van der Waals surface area contributed by atoms with Crippen LogP contribution in [0.15, 0.2) is 0 Å². The maximum atomic E-state index is 3.44. The zero-order chi connectivity index (χ0) is 12.0. The van der Waals surface area contributed by atoms with Gasteiger partial charge in [-0.25, -0.2) is 0 Å². The molecular weight excluding hydrogens is 196 g/mol. The summed E-state index contributed by atoms with van der Waals surface area (Å²) in [6, 6.07) is 0.691. The third kappa shape index (κ3) is 4.06. The molecule has 0 amide bonds. The van der Waals surface area contributed by atoms with Crippen LogP contribution in [0, 0.1) is 5.41 Å². The van der Waals surface area contributed by atoms with Gasteiger partial charge in [0.25, 0.3) is 0 Å². The van der Waals surface area contributed by atoms with E-state index in [1.807, 2.05) is 0 Å². The highest BCUT2D eigenvalue weighted by atomic mass is 15.2. The van der Waals surface area contributed by atoms with Gasteiger partial charge in [-0.1, -0.05) is 33.6 Å². The van der Waals surface area contributed by atoms with Crippen LogP contribution in [0.25, 0.3) is 0 Å². The van der Waals surface area contributed by atoms with Gasteiger partial charge in [-0.15, -0.1) is 0 Å². The molecule has 0 saturated carbocycles. The van der Waals surface area contributed by atoms with Crippen LogP contribution in [0.4, 0.5) is 0 Å². The largest absolute Gasteiger partial charge is 0.316 e. The first-order valence-electron chi connectivity index (χ1n) is 7.03. The first kappa shape index (κ1) is 14.0. The van der Waals surface area contributed by atoms with Crippen LogP contribution in [-0.2, 0) is 0 Å². The summed E-state index contributed by atoms with van der Waals surface area (Å²) >= 11 is 0. The molecule has 0 aromatic heterocycles. The average molecular weight is 226 g/mol. The van der Waals surface area contributed by atoms with Gasteiger partial charge in [0.1, 0.15) is 0 Å². The van der Waals surface area contributed by atoms with E-state index < -0.39 is 0 Å². The monoisotopic (exact) mass is 226 g/mol. The summed E-state index contributed by atoms with van der Waals surface area (Å²) in [4.78, 5) is 2.65. The minimum absolute atomic E-state index is 0.621. The summed E-state index contributed by atoms with van der Waals surface area (Å²) in [5.41, 5.74) is 0.621. The van der Waals surface area contributed by atoms with Crippen LogP contribution in [0.1, 0.15) is 52.9 Å². The number of nitrogens with one attached hydrogen (secondary N) is 1. The van der Waals surface area contributed by atoms with E-state index in [4.69, 9.17) is 0 Å². The van der Waals surface area contributed by atoms with E-state index >= 15 is 0 Å². The topological polar surface area (TPSA) is 15.3 Å². The van der Waals surface area contributed by atoms with Crippen LogP contribution >= 0.6 is 0 Å². The van der Waals surface area contributed by atoms with Crippen molar-refractivity contribution in [2.75, 3.05) is 26.7 Å². The number of hydrogen-bond acceptors (Lipinski definition) is 2. The summed E-state index contributed by atoms with van der Waals surface area (Å²) < 4.78 is 0. The summed E-state index contributed by atoms with van der Waals surface area (Å²) in [5.74, 6) is 0. The van der Waals surface area contributed by atoms with Crippen molar-refractivity contribution < 1.29 is 0 Å². The Morgan fingerprint density at radius 3 is 2.31 bits per heavy atom. The summed E-state index contributed by atoms with van der Waals surface area (Å²) in [5, 5.41) is 3.44. The Hall–Kier alpha value is -0.0800. The SMILES string of the molecule is CCCC(CN1CCC(C)(CC)CC1)NC. The van der Waals surface area contributed by atoms with Crippen LogP contribution in [0.3, 0.4) is 0 Å². The predicted octanol–water partition coefficient (Wildman–Crippen LogP) is 2.89. The first-order chi connectivity index (χ1) is 7.63. The van der Waals surface area contributed by atoms with Crippen LogP contribution in [0.2, 0.25) is 0 Å². The lowest BCUT2D eigenvalue weighted by molar-refractivity contribution is 0.106. The fourth-order valence-electron chi connectivity index (χ4n) is 2.62. The molecule has 0 aliphatic carbocycles. The second-order valence-electron chi connectivity index (χ2n) is 5.74. The third-order valence-corrected chi connectivity index (χ3v) is 4.44. The van der Waals surface area contributed by atoms with Crippen molar-refractivity contribution in [3.63, 3.8) is 0 Å². The third-order valence-electron chi connectivity index (χ3n) is 4.44. The molecule has 1 heterocycles. The van der Waals surface area contributed by atoms with Gasteiger partial charge in [-0.2, -0.15) is 0 Å². The Bertz CT molecular complexity index is 183. The maximum Gasteiger partial charge on any atom is 0.0191 e. The quantitative estimate of drug-likeness (QED) is 0.749. The van der Waals surface area contributed by atoms with Crippen molar-refractivity contribution in [1.29, 1.82) is 0 Å². The Balaban J connectivity index is 2.30. The molecule has 1 N–H and O–H groups in total. The molecular formula is C14H30N2. The number of rotatable bonds is 6. The molecule has 2 heteroatoms. The molecule has 1 atom stereocenters. The normalized spacial score (nSPS) is 23.2. The molecule has 1 unspecified atom stereocenters. The Kier molecular flexibility index (Phi) is 5.77. The van der Waals surface area contributed by atoms with Crippen LogP contribution in [-0.4, -0.2) is 37.6 Å². The number of likely N-dealkylation sites (tertiary alicyclic amines) is 1. The molecule has 0 aromatic carbocycles. The molecule has 1 aliphatic rings. The minimum Gasteiger partial charge on any atom is -0.316 e. The Labute approximate surface area is 102 Å². The van der Waals surface area contributed by atoms with Crippen molar-refractivity contribution in [1.82, 2.24) is 10.2 Å². The van der Waals surface area contributed by atoms with Gasteiger partial charge < -0.3 is 10.2 Å². The summed E-state index contributed by atoms with van der Waals surface area (Å²) in [6.07, 6.45) is 6.69. The Morgan fingerprint density at radius 1 is 1.25 bits per heavy atom. The minimum atomic E-state index is 0.621. The molecule has 1 saturated heterocycles. The van der Waals surface area contributed by atoms with Crippen molar-refractivity contribution >= 4 is 0 Å². The van der Waals surface area contributed by atoms with E-state index in [9.17, 15) is 0 Å². The second kappa shape index (κ2) is 6.61. The summed E-state index contributed by atoms with van der Waals surface area (Å²) in [6.45, 7) is 10.9. The smallest absolute Gasteiger partial charge is 0.0191 e. The molecule has 1 fully saturated rings. The lowest BCUT2D eigenvalue weighted by Crippen LogP contribution is -2.45. The van der Waals surface area contributed by atoms with Gasteiger partial charge in [0.05, 0.1) is 0 Å². The first-order valence-corrected chi connectivity index (χ1v) is 7.03. The predicted molar refractivity (Wildman–Crippen MR) is 71.8 cm³/mol. The highest BCUT2D eigenvalue weighted by Crippen LogP contribution is 2.33.